The molecule has 0 bridgehead atoms. The normalized spacial score (nSPS) is 25.6. The summed E-state index contributed by atoms with van der Waals surface area (Å²) in [6.45, 7) is 0. The van der Waals surface area contributed by atoms with Crippen molar-refractivity contribution in [1.82, 2.24) is 5.32 Å². The molecule has 0 unspecified atom stereocenters. The van der Waals surface area contributed by atoms with Gasteiger partial charge in [0.05, 0.1) is 0 Å². The van der Waals surface area contributed by atoms with E-state index in [0.717, 1.165) is 25.7 Å². The summed E-state index contributed by atoms with van der Waals surface area (Å²) in [4.78, 5) is 11.8. The van der Waals surface area contributed by atoms with Crippen molar-refractivity contribution in [2.45, 2.75) is 75.8 Å². The Labute approximate surface area is 98.2 Å². The lowest BCUT2D eigenvalue weighted by Gasteiger charge is -2.37. The van der Waals surface area contributed by atoms with Crippen LogP contribution in [0.4, 0.5) is 0 Å². The van der Waals surface area contributed by atoms with Crippen LogP contribution in [0.2, 0.25) is 0 Å². The molecule has 2 rings (SSSR count). The monoisotopic (exact) mass is 224 g/mol. The lowest BCUT2D eigenvalue weighted by atomic mass is 9.75. The zero-order valence-electron chi connectivity index (χ0n) is 10.1. The molecule has 0 aliphatic heterocycles. The molecule has 3 heteroatoms. The zero-order chi connectivity index (χ0) is 11.4. The lowest BCUT2D eigenvalue weighted by molar-refractivity contribution is -0.123. The van der Waals surface area contributed by atoms with E-state index >= 15 is 0 Å². The second-order valence-corrected chi connectivity index (χ2v) is 5.65. The lowest BCUT2D eigenvalue weighted by Crippen LogP contribution is -2.51. The first-order valence-electron chi connectivity index (χ1n) is 6.76. The van der Waals surface area contributed by atoms with Crippen LogP contribution in [0.25, 0.3) is 0 Å². The van der Waals surface area contributed by atoms with Crippen LogP contribution in [0.5, 0.6) is 0 Å². The molecular formula is C13H24N2O. The summed E-state index contributed by atoms with van der Waals surface area (Å²) in [5.74, 6) is 0.175. The molecule has 2 saturated carbocycles. The van der Waals surface area contributed by atoms with Crippen molar-refractivity contribution in [3.05, 3.63) is 0 Å². The van der Waals surface area contributed by atoms with Gasteiger partial charge >= 0.3 is 0 Å². The van der Waals surface area contributed by atoms with Crippen LogP contribution >= 0.6 is 0 Å². The molecule has 3 nitrogen and oxygen atoms in total. The van der Waals surface area contributed by atoms with Gasteiger partial charge in [0.1, 0.15) is 0 Å². The van der Waals surface area contributed by atoms with Crippen molar-refractivity contribution >= 4 is 5.91 Å². The first-order valence-corrected chi connectivity index (χ1v) is 6.76. The summed E-state index contributed by atoms with van der Waals surface area (Å²) in [7, 11) is 0. The third-order valence-corrected chi connectivity index (χ3v) is 4.08. The van der Waals surface area contributed by atoms with E-state index in [2.05, 4.69) is 5.32 Å². The maximum atomic E-state index is 11.8. The Kier molecular flexibility index (Phi) is 3.85. The molecule has 2 aliphatic carbocycles. The number of carbonyl (C=O) groups excluding carboxylic acids is 1. The summed E-state index contributed by atoms with van der Waals surface area (Å²) in [5, 5.41) is 3.16. The van der Waals surface area contributed by atoms with Crippen molar-refractivity contribution in [2.75, 3.05) is 0 Å². The molecule has 92 valence electrons. The third kappa shape index (κ3) is 3.21. The van der Waals surface area contributed by atoms with Crippen LogP contribution < -0.4 is 11.1 Å². The first kappa shape index (κ1) is 11.9. The molecular weight excluding hydrogens is 200 g/mol. The maximum absolute atomic E-state index is 11.8. The fraction of sp³-hybridized carbons (Fsp3) is 0.923. The summed E-state index contributed by atoms with van der Waals surface area (Å²) in [6.07, 6.45) is 11.2. The standard InChI is InChI=1S/C13H24N2O/c14-13(8-5-9-13)10-12(16)15-11-6-3-1-2-4-7-11/h11H,1-10,14H2,(H,15,16). The smallest absolute Gasteiger partial charge is 0.222 e. The average molecular weight is 224 g/mol. The van der Waals surface area contributed by atoms with E-state index in [-0.39, 0.29) is 11.4 Å². The van der Waals surface area contributed by atoms with Crippen molar-refractivity contribution in [3.8, 4) is 0 Å². The molecule has 0 aromatic heterocycles. The predicted molar refractivity (Wildman–Crippen MR) is 65.0 cm³/mol. The molecule has 0 aromatic rings. The summed E-state index contributed by atoms with van der Waals surface area (Å²) >= 11 is 0. The molecule has 16 heavy (non-hydrogen) atoms. The molecule has 0 aromatic carbocycles. The van der Waals surface area contributed by atoms with Gasteiger partial charge in [-0.25, -0.2) is 0 Å². The van der Waals surface area contributed by atoms with Crippen LogP contribution in [0, 0.1) is 0 Å². The highest BCUT2D eigenvalue weighted by molar-refractivity contribution is 5.77. The van der Waals surface area contributed by atoms with E-state index in [1.807, 2.05) is 0 Å². The highest BCUT2D eigenvalue weighted by Crippen LogP contribution is 2.32. The van der Waals surface area contributed by atoms with Crippen molar-refractivity contribution in [3.63, 3.8) is 0 Å². The van der Waals surface area contributed by atoms with Gasteiger partial charge in [-0.2, -0.15) is 0 Å². The van der Waals surface area contributed by atoms with E-state index in [1.54, 1.807) is 0 Å². The molecule has 1 amide bonds. The van der Waals surface area contributed by atoms with Gasteiger partial charge in [-0.15, -0.1) is 0 Å². The minimum atomic E-state index is -0.172. The number of amides is 1. The van der Waals surface area contributed by atoms with Crippen molar-refractivity contribution < 1.29 is 4.79 Å². The Morgan fingerprint density at radius 3 is 2.25 bits per heavy atom. The average Bonchev–Trinajstić information content (AvgIpc) is 2.44. The number of nitrogens with one attached hydrogen (secondary N) is 1. The minimum Gasteiger partial charge on any atom is -0.353 e. The zero-order valence-corrected chi connectivity index (χ0v) is 10.1. The van der Waals surface area contributed by atoms with Crippen LogP contribution in [0.3, 0.4) is 0 Å². The molecule has 0 spiro atoms. The third-order valence-electron chi connectivity index (χ3n) is 4.08. The summed E-state index contributed by atoms with van der Waals surface area (Å²) in [5.41, 5.74) is 5.91. The first-order chi connectivity index (χ1) is 7.68. The Hall–Kier alpha value is -0.570. The van der Waals surface area contributed by atoms with Crippen molar-refractivity contribution in [1.29, 1.82) is 0 Å². The van der Waals surface area contributed by atoms with Gasteiger partial charge in [-0.1, -0.05) is 25.7 Å². The predicted octanol–water partition coefficient (Wildman–Crippen LogP) is 2.10. The molecule has 0 atom stereocenters. The number of rotatable bonds is 3. The number of nitrogens with two attached hydrogens (primary N) is 1. The number of hydrogen-bond donors (Lipinski definition) is 2. The fourth-order valence-electron chi connectivity index (χ4n) is 2.83. The highest BCUT2D eigenvalue weighted by atomic mass is 16.1. The molecule has 0 heterocycles. The van der Waals surface area contributed by atoms with E-state index < -0.39 is 0 Å². The molecule has 0 saturated heterocycles. The molecule has 0 radical (unpaired) electrons. The maximum Gasteiger partial charge on any atom is 0.222 e. The number of carbonyl (C=O) groups is 1. The van der Waals surface area contributed by atoms with Gasteiger partial charge in [0.2, 0.25) is 5.91 Å². The summed E-state index contributed by atoms with van der Waals surface area (Å²) in [6, 6.07) is 0.415. The quantitative estimate of drug-likeness (QED) is 0.721. The Bertz CT molecular complexity index is 240. The van der Waals surface area contributed by atoms with Gasteiger partial charge in [0.15, 0.2) is 0 Å². The molecule has 2 aliphatic rings. The van der Waals surface area contributed by atoms with E-state index in [0.29, 0.717) is 12.5 Å². The second kappa shape index (κ2) is 5.17. The van der Waals surface area contributed by atoms with Crippen molar-refractivity contribution in [2.24, 2.45) is 5.73 Å². The van der Waals surface area contributed by atoms with E-state index in [4.69, 9.17) is 5.73 Å². The number of hydrogen-bond acceptors (Lipinski definition) is 2. The SMILES string of the molecule is NC1(CC(=O)NC2CCCCCC2)CCC1. The fourth-order valence-corrected chi connectivity index (χ4v) is 2.83. The Balaban J connectivity index is 1.73. The molecule has 2 fully saturated rings. The van der Waals surface area contributed by atoms with E-state index in [9.17, 15) is 4.79 Å². The highest BCUT2D eigenvalue weighted by Gasteiger charge is 2.34. The largest absolute Gasteiger partial charge is 0.353 e. The van der Waals surface area contributed by atoms with Crippen LogP contribution in [-0.4, -0.2) is 17.5 Å². The van der Waals surface area contributed by atoms with Gasteiger partial charge in [0.25, 0.3) is 0 Å². The van der Waals surface area contributed by atoms with Gasteiger partial charge in [0, 0.05) is 18.0 Å². The topological polar surface area (TPSA) is 55.1 Å². The van der Waals surface area contributed by atoms with Crippen LogP contribution in [0.1, 0.15) is 64.2 Å². The Morgan fingerprint density at radius 2 is 1.75 bits per heavy atom. The van der Waals surface area contributed by atoms with Crippen LogP contribution in [0.15, 0.2) is 0 Å². The van der Waals surface area contributed by atoms with Gasteiger partial charge in [-0.05, 0) is 32.1 Å². The van der Waals surface area contributed by atoms with Gasteiger partial charge < -0.3 is 11.1 Å². The summed E-state index contributed by atoms with van der Waals surface area (Å²) < 4.78 is 0. The Morgan fingerprint density at radius 1 is 1.12 bits per heavy atom. The van der Waals surface area contributed by atoms with E-state index in [1.165, 1.54) is 32.1 Å². The molecule has 3 N–H and O–H groups in total. The van der Waals surface area contributed by atoms with Gasteiger partial charge in [-0.3, -0.25) is 4.79 Å². The van der Waals surface area contributed by atoms with Crippen LogP contribution in [-0.2, 0) is 4.79 Å². The second-order valence-electron chi connectivity index (χ2n) is 5.65. The minimum absolute atomic E-state index is 0.172.